The highest BCUT2D eigenvalue weighted by atomic mass is 35.5. The van der Waals surface area contributed by atoms with Gasteiger partial charge in [0.25, 0.3) is 0 Å². The number of urea groups is 1. The minimum absolute atomic E-state index is 0.0386. The van der Waals surface area contributed by atoms with E-state index < -0.39 is 0 Å². The number of hydrogen-bond acceptors (Lipinski definition) is 7. The number of aromatic amines is 1. The molecule has 0 spiro atoms. The Labute approximate surface area is 206 Å². The maximum Gasteiger partial charge on any atom is 0.346 e. The lowest BCUT2D eigenvalue weighted by Gasteiger charge is -2.40. The summed E-state index contributed by atoms with van der Waals surface area (Å²) in [6, 6.07) is 10.7. The zero-order valence-electron chi connectivity index (χ0n) is 18.9. The summed E-state index contributed by atoms with van der Waals surface area (Å²) >= 11 is 6.09. The molecule has 1 aromatic carbocycles. The third kappa shape index (κ3) is 5.30. The highest BCUT2D eigenvalue weighted by Crippen LogP contribution is 2.32. The maximum atomic E-state index is 13.2. The summed E-state index contributed by atoms with van der Waals surface area (Å²) in [4.78, 5) is 35.4. The Balaban J connectivity index is 1.25. The largest absolute Gasteiger partial charge is 0.356 e. The van der Waals surface area contributed by atoms with E-state index in [0.29, 0.717) is 34.1 Å². The summed E-state index contributed by atoms with van der Waals surface area (Å²) in [6.45, 7) is 1.68. The van der Waals surface area contributed by atoms with Crippen LogP contribution in [0, 0.1) is 11.3 Å². The predicted octanol–water partition coefficient (Wildman–Crippen LogP) is 3.29. The molecule has 35 heavy (non-hydrogen) atoms. The SMILES string of the molecule is N#Cc1cc(Cl)cc(-c2cc(CNC(=O)N(C3CC3)[C@@H]3CCCN(c4ccnc(=O)[nH]4)C3)no2)c1. The Morgan fingerprint density at radius 3 is 2.91 bits per heavy atom. The Hall–Kier alpha value is -3.84. The number of nitriles is 1. The van der Waals surface area contributed by atoms with Gasteiger partial charge in [-0.3, -0.25) is 4.98 Å². The third-order valence-electron chi connectivity index (χ3n) is 6.26. The summed E-state index contributed by atoms with van der Waals surface area (Å²) < 4.78 is 5.42. The number of carbonyl (C=O) groups excluding carboxylic acids is 1. The first-order chi connectivity index (χ1) is 17.0. The van der Waals surface area contributed by atoms with Crippen molar-refractivity contribution in [2.75, 3.05) is 18.0 Å². The second-order valence-corrected chi connectivity index (χ2v) is 9.26. The number of benzene rings is 1. The molecule has 3 heterocycles. The fourth-order valence-corrected chi connectivity index (χ4v) is 4.75. The molecule has 11 heteroatoms. The predicted molar refractivity (Wildman–Crippen MR) is 129 cm³/mol. The molecule has 1 aliphatic carbocycles. The Morgan fingerprint density at radius 2 is 2.14 bits per heavy atom. The van der Waals surface area contributed by atoms with Crippen LogP contribution in [0.4, 0.5) is 10.6 Å². The molecule has 5 rings (SSSR count). The highest BCUT2D eigenvalue weighted by molar-refractivity contribution is 6.31. The van der Waals surface area contributed by atoms with E-state index >= 15 is 0 Å². The van der Waals surface area contributed by atoms with Gasteiger partial charge in [-0.2, -0.15) is 5.26 Å². The van der Waals surface area contributed by atoms with Gasteiger partial charge in [0, 0.05) is 42.0 Å². The van der Waals surface area contributed by atoms with Gasteiger partial charge in [0.2, 0.25) is 0 Å². The monoisotopic (exact) mass is 493 g/mol. The molecule has 3 aromatic rings. The number of amides is 2. The van der Waals surface area contributed by atoms with Crippen molar-refractivity contribution >= 4 is 23.4 Å². The Bertz CT molecular complexity index is 1330. The van der Waals surface area contributed by atoms with Gasteiger partial charge in [-0.25, -0.2) is 14.6 Å². The number of piperidine rings is 1. The quantitative estimate of drug-likeness (QED) is 0.538. The van der Waals surface area contributed by atoms with Gasteiger partial charge < -0.3 is 19.6 Å². The zero-order valence-corrected chi connectivity index (χ0v) is 19.7. The molecule has 0 unspecified atom stereocenters. The van der Waals surface area contributed by atoms with Crippen LogP contribution in [0.3, 0.4) is 0 Å². The smallest absolute Gasteiger partial charge is 0.346 e. The van der Waals surface area contributed by atoms with E-state index in [0.717, 1.165) is 38.0 Å². The number of carbonyl (C=O) groups is 1. The molecule has 1 saturated heterocycles. The molecule has 2 fully saturated rings. The number of anilines is 1. The lowest BCUT2D eigenvalue weighted by molar-refractivity contribution is 0.160. The number of hydrogen-bond donors (Lipinski definition) is 2. The highest BCUT2D eigenvalue weighted by Gasteiger charge is 2.39. The van der Waals surface area contributed by atoms with Gasteiger partial charge in [0.15, 0.2) is 5.76 Å². The van der Waals surface area contributed by atoms with Crippen molar-refractivity contribution in [1.29, 1.82) is 5.26 Å². The first kappa shape index (κ1) is 22.9. The van der Waals surface area contributed by atoms with Crippen LogP contribution in [0.1, 0.15) is 36.9 Å². The molecule has 180 valence electrons. The Kier molecular flexibility index (Phi) is 6.42. The molecule has 0 bridgehead atoms. The fourth-order valence-electron chi connectivity index (χ4n) is 4.51. The van der Waals surface area contributed by atoms with E-state index in [1.54, 1.807) is 30.3 Å². The van der Waals surface area contributed by atoms with E-state index in [1.807, 2.05) is 4.90 Å². The summed E-state index contributed by atoms with van der Waals surface area (Å²) in [5.74, 6) is 1.20. The van der Waals surface area contributed by atoms with E-state index in [9.17, 15) is 9.59 Å². The molecular weight excluding hydrogens is 470 g/mol. The minimum Gasteiger partial charge on any atom is -0.356 e. The second kappa shape index (κ2) is 9.80. The molecule has 2 aromatic heterocycles. The average Bonchev–Trinajstić information content (AvgIpc) is 3.57. The normalized spacial score (nSPS) is 17.6. The topological polar surface area (TPSA) is 131 Å². The molecule has 1 atom stereocenters. The van der Waals surface area contributed by atoms with Crippen LogP contribution in [-0.2, 0) is 6.54 Å². The number of aromatic nitrogens is 3. The van der Waals surface area contributed by atoms with Crippen LogP contribution in [0.2, 0.25) is 5.02 Å². The lowest BCUT2D eigenvalue weighted by Crippen LogP contribution is -2.54. The van der Waals surface area contributed by atoms with Crippen molar-refractivity contribution in [3.05, 3.63) is 63.3 Å². The maximum absolute atomic E-state index is 13.2. The number of nitrogens with zero attached hydrogens (tertiary/aromatic N) is 5. The summed E-state index contributed by atoms with van der Waals surface area (Å²) in [5.41, 5.74) is 1.27. The van der Waals surface area contributed by atoms with Gasteiger partial charge in [0.1, 0.15) is 11.5 Å². The summed E-state index contributed by atoms with van der Waals surface area (Å²) in [7, 11) is 0. The Morgan fingerprint density at radius 1 is 1.29 bits per heavy atom. The van der Waals surface area contributed by atoms with Crippen molar-refractivity contribution in [2.45, 2.75) is 44.3 Å². The molecule has 2 aliphatic rings. The van der Waals surface area contributed by atoms with Crippen molar-refractivity contribution in [3.8, 4) is 17.4 Å². The number of rotatable bonds is 6. The molecule has 1 saturated carbocycles. The number of halogens is 1. The van der Waals surface area contributed by atoms with E-state index in [4.69, 9.17) is 21.4 Å². The standard InChI is InChI=1S/C24H24ClN7O3/c25-17-9-15(12-26)8-16(10-17)21-11-18(30-35-21)13-28-24(34)32(19-3-4-19)20-2-1-7-31(14-20)22-5-6-27-23(33)29-22/h5-6,8-11,19-20H,1-4,7,13-14H2,(H,28,34)(H,27,29,33)/t20-/m1/s1. The molecule has 1 aliphatic heterocycles. The van der Waals surface area contributed by atoms with Crippen molar-refractivity contribution < 1.29 is 9.32 Å². The van der Waals surface area contributed by atoms with Crippen molar-refractivity contribution in [3.63, 3.8) is 0 Å². The molecule has 2 amide bonds. The van der Waals surface area contributed by atoms with Gasteiger partial charge in [-0.15, -0.1) is 0 Å². The fraction of sp³-hybridized carbons (Fsp3) is 0.375. The van der Waals surface area contributed by atoms with Crippen molar-refractivity contribution in [2.24, 2.45) is 0 Å². The first-order valence-electron chi connectivity index (χ1n) is 11.5. The van der Waals surface area contributed by atoms with Crippen LogP contribution < -0.4 is 15.9 Å². The van der Waals surface area contributed by atoms with Crippen LogP contribution in [0.15, 0.2) is 45.8 Å². The minimum atomic E-state index is -0.380. The third-order valence-corrected chi connectivity index (χ3v) is 6.47. The van der Waals surface area contributed by atoms with E-state index in [1.165, 1.54) is 6.20 Å². The van der Waals surface area contributed by atoms with Crippen molar-refractivity contribution in [1.82, 2.24) is 25.3 Å². The lowest BCUT2D eigenvalue weighted by atomic mass is 10.0. The molecular formula is C24H24ClN7O3. The summed E-state index contributed by atoms with van der Waals surface area (Å²) in [6.07, 6.45) is 5.29. The molecule has 2 N–H and O–H groups in total. The van der Waals surface area contributed by atoms with Gasteiger partial charge in [0.05, 0.1) is 24.2 Å². The van der Waals surface area contributed by atoms with Gasteiger partial charge in [-0.05, 0) is 49.9 Å². The molecule has 10 nitrogen and oxygen atoms in total. The number of H-pyrrole nitrogens is 1. The van der Waals surface area contributed by atoms with Gasteiger partial charge in [-0.1, -0.05) is 16.8 Å². The average molecular weight is 494 g/mol. The zero-order chi connectivity index (χ0) is 24.4. The first-order valence-corrected chi connectivity index (χ1v) is 11.9. The van der Waals surface area contributed by atoms with Crippen LogP contribution in [0.5, 0.6) is 0 Å². The second-order valence-electron chi connectivity index (χ2n) is 8.82. The molecule has 0 radical (unpaired) electrons. The van der Waals surface area contributed by atoms with E-state index in [-0.39, 0.29) is 30.3 Å². The van der Waals surface area contributed by atoms with Crippen LogP contribution >= 0.6 is 11.6 Å². The summed E-state index contributed by atoms with van der Waals surface area (Å²) in [5, 5.41) is 16.6. The number of nitrogens with one attached hydrogen (secondary N) is 2. The van der Waals surface area contributed by atoms with Crippen LogP contribution in [-0.4, -0.2) is 51.2 Å². The van der Waals surface area contributed by atoms with Crippen LogP contribution in [0.25, 0.3) is 11.3 Å². The van der Waals surface area contributed by atoms with Gasteiger partial charge >= 0.3 is 11.7 Å². The van der Waals surface area contributed by atoms with E-state index in [2.05, 4.69) is 31.4 Å².